The standard InChI is InChI=1S/C12H17N3O3S/c1-4-18-8-5-6-10(9(13)7-8)14-11(19-3)15-12(16)17-2/h5-7H,4,13H2,1-3H3,(H,14,15,16). The summed E-state index contributed by atoms with van der Waals surface area (Å²) in [5.74, 6) is 0.686. The third kappa shape index (κ3) is 4.70. The number of nitrogens with one attached hydrogen (secondary N) is 1. The normalized spacial score (nSPS) is 11.0. The molecule has 1 amide bonds. The van der Waals surface area contributed by atoms with Crippen LogP contribution in [0.3, 0.4) is 0 Å². The number of amides is 1. The number of benzene rings is 1. The Bertz CT molecular complexity index is 477. The molecule has 1 aromatic rings. The number of rotatable bonds is 3. The van der Waals surface area contributed by atoms with Crippen molar-refractivity contribution in [3.63, 3.8) is 0 Å². The van der Waals surface area contributed by atoms with E-state index < -0.39 is 6.09 Å². The first-order valence-corrected chi connectivity index (χ1v) is 6.83. The molecule has 0 saturated heterocycles. The predicted octanol–water partition coefficient (Wildman–Crippen LogP) is 2.37. The second-order valence-electron chi connectivity index (χ2n) is 3.39. The van der Waals surface area contributed by atoms with Crippen LogP contribution in [0.5, 0.6) is 5.75 Å². The molecular formula is C12H17N3O3S. The van der Waals surface area contributed by atoms with Gasteiger partial charge < -0.3 is 15.2 Å². The average Bonchev–Trinajstić information content (AvgIpc) is 2.40. The van der Waals surface area contributed by atoms with Crippen molar-refractivity contribution in [3.8, 4) is 5.75 Å². The molecule has 0 aliphatic carbocycles. The number of nitrogen functional groups attached to an aromatic ring is 1. The number of anilines is 1. The van der Waals surface area contributed by atoms with Gasteiger partial charge in [0.15, 0.2) is 5.17 Å². The number of carbonyl (C=O) groups is 1. The van der Waals surface area contributed by atoms with Crippen LogP contribution in [-0.4, -0.2) is 31.2 Å². The summed E-state index contributed by atoms with van der Waals surface area (Å²) in [7, 11) is 1.29. The highest BCUT2D eigenvalue weighted by molar-refractivity contribution is 8.13. The molecule has 6 nitrogen and oxygen atoms in total. The summed E-state index contributed by atoms with van der Waals surface area (Å²) >= 11 is 1.28. The van der Waals surface area contributed by atoms with E-state index in [4.69, 9.17) is 10.5 Å². The van der Waals surface area contributed by atoms with Crippen molar-refractivity contribution in [2.45, 2.75) is 6.92 Å². The molecule has 0 radical (unpaired) electrons. The summed E-state index contributed by atoms with van der Waals surface area (Å²) in [6.45, 7) is 2.47. The van der Waals surface area contributed by atoms with Crippen LogP contribution in [0.25, 0.3) is 0 Å². The SMILES string of the molecule is CCOc1ccc(N=C(NC(=O)OC)SC)c(N)c1. The van der Waals surface area contributed by atoms with Crippen LogP contribution in [0.1, 0.15) is 6.92 Å². The number of hydrogen-bond donors (Lipinski definition) is 2. The molecule has 0 spiro atoms. The summed E-state index contributed by atoms with van der Waals surface area (Å²) in [6.07, 6.45) is 1.22. The molecule has 0 atom stereocenters. The maximum atomic E-state index is 11.1. The molecular weight excluding hydrogens is 266 g/mol. The van der Waals surface area contributed by atoms with Crippen molar-refractivity contribution >= 4 is 34.4 Å². The fourth-order valence-electron chi connectivity index (χ4n) is 1.26. The highest BCUT2D eigenvalue weighted by Gasteiger charge is 2.06. The lowest BCUT2D eigenvalue weighted by Crippen LogP contribution is -2.27. The van der Waals surface area contributed by atoms with E-state index in [1.165, 1.54) is 18.9 Å². The molecule has 0 aromatic heterocycles. The number of carbonyl (C=O) groups excluding carboxylic acids is 1. The number of thioether (sulfide) groups is 1. The summed E-state index contributed by atoms with van der Waals surface area (Å²) in [6, 6.07) is 5.20. The first-order chi connectivity index (χ1) is 9.10. The first-order valence-electron chi connectivity index (χ1n) is 5.60. The Morgan fingerprint density at radius 1 is 1.53 bits per heavy atom. The van der Waals surface area contributed by atoms with Gasteiger partial charge in [-0.05, 0) is 25.3 Å². The van der Waals surface area contributed by atoms with E-state index in [9.17, 15) is 4.79 Å². The van der Waals surface area contributed by atoms with Crippen molar-refractivity contribution < 1.29 is 14.3 Å². The number of nitrogens with zero attached hydrogens (tertiary/aromatic N) is 1. The zero-order valence-electron chi connectivity index (χ0n) is 11.1. The van der Waals surface area contributed by atoms with Crippen LogP contribution in [0.4, 0.5) is 16.2 Å². The van der Waals surface area contributed by atoms with E-state index in [0.29, 0.717) is 28.9 Å². The minimum Gasteiger partial charge on any atom is -0.494 e. The number of ether oxygens (including phenoxy) is 2. The molecule has 7 heteroatoms. The molecule has 0 heterocycles. The number of nitrogens with two attached hydrogens (primary N) is 1. The topological polar surface area (TPSA) is 85.9 Å². The Morgan fingerprint density at radius 2 is 2.26 bits per heavy atom. The first kappa shape index (κ1) is 15.2. The maximum Gasteiger partial charge on any atom is 0.412 e. The maximum absolute atomic E-state index is 11.1. The molecule has 0 unspecified atom stereocenters. The molecule has 0 aliphatic rings. The highest BCUT2D eigenvalue weighted by Crippen LogP contribution is 2.27. The second-order valence-corrected chi connectivity index (χ2v) is 4.19. The molecule has 0 saturated carbocycles. The monoisotopic (exact) mass is 283 g/mol. The van der Waals surface area contributed by atoms with Crippen LogP contribution in [-0.2, 0) is 4.74 Å². The molecule has 3 N–H and O–H groups in total. The molecule has 1 rings (SSSR count). The van der Waals surface area contributed by atoms with Crippen molar-refractivity contribution in [2.75, 3.05) is 25.7 Å². The van der Waals surface area contributed by atoms with Gasteiger partial charge in [0.1, 0.15) is 5.75 Å². The van der Waals surface area contributed by atoms with Gasteiger partial charge in [-0.15, -0.1) is 0 Å². The van der Waals surface area contributed by atoms with Gasteiger partial charge in [0.05, 0.1) is 25.1 Å². The van der Waals surface area contributed by atoms with Crippen LogP contribution in [0.2, 0.25) is 0 Å². The Labute approximate surface area is 116 Å². The number of hydrogen-bond acceptors (Lipinski definition) is 6. The average molecular weight is 283 g/mol. The predicted molar refractivity (Wildman–Crippen MR) is 78.2 cm³/mol. The van der Waals surface area contributed by atoms with E-state index >= 15 is 0 Å². The summed E-state index contributed by atoms with van der Waals surface area (Å²) < 4.78 is 9.84. The van der Waals surface area contributed by atoms with Gasteiger partial charge in [-0.2, -0.15) is 0 Å². The van der Waals surface area contributed by atoms with Gasteiger partial charge in [-0.3, -0.25) is 5.32 Å². The van der Waals surface area contributed by atoms with Crippen molar-refractivity contribution in [3.05, 3.63) is 18.2 Å². The van der Waals surface area contributed by atoms with Gasteiger partial charge in [0.2, 0.25) is 0 Å². The van der Waals surface area contributed by atoms with Crippen molar-refractivity contribution in [2.24, 2.45) is 4.99 Å². The molecule has 0 bridgehead atoms. The molecule has 0 fully saturated rings. The Kier molecular flexibility index (Phi) is 6.01. The Hall–Kier alpha value is -1.89. The highest BCUT2D eigenvalue weighted by atomic mass is 32.2. The third-order valence-corrected chi connectivity index (χ3v) is 2.70. The van der Waals surface area contributed by atoms with E-state index in [0.717, 1.165) is 0 Å². The minimum atomic E-state index is -0.572. The largest absolute Gasteiger partial charge is 0.494 e. The number of aliphatic imine (C=N–C) groups is 1. The lowest BCUT2D eigenvalue weighted by Gasteiger charge is -2.08. The Balaban J connectivity index is 2.92. The van der Waals surface area contributed by atoms with Crippen LogP contribution in [0.15, 0.2) is 23.2 Å². The van der Waals surface area contributed by atoms with Crippen LogP contribution in [0, 0.1) is 0 Å². The fourth-order valence-corrected chi connectivity index (χ4v) is 1.64. The quantitative estimate of drug-likeness (QED) is 0.505. The number of methoxy groups -OCH3 is 1. The number of alkyl carbamates (subject to hydrolysis) is 1. The fraction of sp³-hybridized carbons (Fsp3) is 0.333. The second kappa shape index (κ2) is 7.52. The van der Waals surface area contributed by atoms with Gasteiger partial charge in [-0.1, -0.05) is 11.8 Å². The zero-order valence-corrected chi connectivity index (χ0v) is 11.9. The van der Waals surface area contributed by atoms with Gasteiger partial charge in [-0.25, -0.2) is 9.79 Å². The van der Waals surface area contributed by atoms with Gasteiger partial charge in [0.25, 0.3) is 0 Å². The van der Waals surface area contributed by atoms with E-state index in [-0.39, 0.29) is 0 Å². The van der Waals surface area contributed by atoms with Crippen molar-refractivity contribution in [1.29, 1.82) is 0 Å². The lowest BCUT2D eigenvalue weighted by molar-refractivity contribution is 0.177. The van der Waals surface area contributed by atoms with Crippen LogP contribution < -0.4 is 15.8 Å². The van der Waals surface area contributed by atoms with Crippen molar-refractivity contribution in [1.82, 2.24) is 5.32 Å². The molecule has 0 aliphatic heterocycles. The zero-order chi connectivity index (χ0) is 14.3. The lowest BCUT2D eigenvalue weighted by atomic mass is 10.2. The third-order valence-electron chi connectivity index (χ3n) is 2.12. The summed E-state index contributed by atoms with van der Waals surface area (Å²) in [5, 5.41) is 2.90. The number of amidine groups is 1. The Morgan fingerprint density at radius 3 is 2.79 bits per heavy atom. The van der Waals surface area contributed by atoms with E-state index in [1.807, 2.05) is 6.92 Å². The van der Waals surface area contributed by atoms with E-state index in [2.05, 4.69) is 15.0 Å². The molecule has 1 aromatic carbocycles. The summed E-state index contributed by atoms with van der Waals surface area (Å²) in [5.41, 5.74) is 6.91. The minimum absolute atomic E-state index is 0.405. The summed E-state index contributed by atoms with van der Waals surface area (Å²) in [4.78, 5) is 15.4. The molecule has 19 heavy (non-hydrogen) atoms. The molecule has 104 valence electrons. The van der Waals surface area contributed by atoms with Crippen LogP contribution >= 0.6 is 11.8 Å². The van der Waals surface area contributed by atoms with Gasteiger partial charge >= 0.3 is 6.09 Å². The van der Waals surface area contributed by atoms with E-state index in [1.54, 1.807) is 24.5 Å². The smallest absolute Gasteiger partial charge is 0.412 e. The van der Waals surface area contributed by atoms with Gasteiger partial charge in [0, 0.05) is 6.07 Å².